The van der Waals surface area contributed by atoms with E-state index < -0.39 is 28.9 Å². The maximum atomic E-state index is 12.9. The lowest BCUT2D eigenvalue weighted by molar-refractivity contribution is -0.123. The third-order valence-electron chi connectivity index (χ3n) is 5.91. The molecule has 1 fully saturated rings. The number of methoxy groups -OCH3 is 1. The van der Waals surface area contributed by atoms with Crippen molar-refractivity contribution in [1.29, 1.82) is 0 Å². The molecule has 1 saturated heterocycles. The fourth-order valence-electron chi connectivity index (χ4n) is 3.89. The molecule has 4 amide bonds. The number of amides is 4. The second-order valence-corrected chi connectivity index (χ2v) is 10.7. The standard InChI is InChI=1S/C29H23Cl2N3O6S/c1-16-4-3-5-17(12-16)13-24-27(37)34(29(39)41-24)11-10-25(35)32-22-14-18(6-8-20(22)28(38)40-2)26(36)33-23-15-19(30)7-9-21(23)31/h3-9,12-15H,10-11H2,1-2H3,(H,32,35)(H,33,36)/b24-13+. The van der Waals surface area contributed by atoms with Gasteiger partial charge in [0.1, 0.15) is 0 Å². The number of hydrogen-bond donors (Lipinski definition) is 2. The van der Waals surface area contributed by atoms with Gasteiger partial charge in [-0.05, 0) is 66.7 Å². The molecule has 0 aromatic heterocycles. The van der Waals surface area contributed by atoms with E-state index in [2.05, 4.69) is 10.6 Å². The molecule has 2 N–H and O–H groups in total. The summed E-state index contributed by atoms with van der Waals surface area (Å²) in [5, 5.41) is 5.35. The monoisotopic (exact) mass is 611 g/mol. The molecule has 1 heterocycles. The third-order valence-corrected chi connectivity index (χ3v) is 7.39. The molecule has 4 rings (SSSR count). The molecule has 0 radical (unpaired) electrons. The van der Waals surface area contributed by atoms with Crippen LogP contribution in [0.15, 0.2) is 65.6 Å². The van der Waals surface area contributed by atoms with Gasteiger partial charge in [-0.3, -0.25) is 24.1 Å². The van der Waals surface area contributed by atoms with E-state index in [9.17, 15) is 24.0 Å². The largest absolute Gasteiger partial charge is 0.465 e. The zero-order valence-electron chi connectivity index (χ0n) is 21.8. The summed E-state index contributed by atoms with van der Waals surface area (Å²) in [6.45, 7) is 1.74. The normalized spacial score (nSPS) is 13.9. The maximum absolute atomic E-state index is 12.9. The fraction of sp³-hybridized carbons (Fsp3) is 0.138. The van der Waals surface area contributed by atoms with Gasteiger partial charge in [0, 0.05) is 23.6 Å². The van der Waals surface area contributed by atoms with Crippen LogP contribution in [0.25, 0.3) is 6.08 Å². The number of rotatable bonds is 8. The van der Waals surface area contributed by atoms with Gasteiger partial charge in [-0.15, -0.1) is 0 Å². The Balaban J connectivity index is 1.46. The van der Waals surface area contributed by atoms with E-state index in [1.165, 1.54) is 37.4 Å². The van der Waals surface area contributed by atoms with Crippen LogP contribution in [-0.4, -0.2) is 47.5 Å². The average Bonchev–Trinajstić information content (AvgIpc) is 3.20. The molecule has 3 aromatic rings. The quantitative estimate of drug-likeness (QED) is 0.223. The van der Waals surface area contributed by atoms with Crippen LogP contribution in [0.3, 0.4) is 0 Å². The Kier molecular flexibility index (Phi) is 9.49. The van der Waals surface area contributed by atoms with Gasteiger partial charge in [0.05, 0.1) is 34.0 Å². The fourth-order valence-corrected chi connectivity index (χ4v) is 5.10. The summed E-state index contributed by atoms with van der Waals surface area (Å²) >= 11 is 12.9. The van der Waals surface area contributed by atoms with Crippen LogP contribution in [0.1, 0.15) is 38.3 Å². The van der Waals surface area contributed by atoms with Crippen LogP contribution in [-0.2, 0) is 14.3 Å². The van der Waals surface area contributed by atoms with Crippen LogP contribution >= 0.6 is 35.0 Å². The van der Waals surface area contributed by atoms with E-state index in [1.54, 1.807) is 12.1 Å². The lowest BCUT2D eigenvalue weighted by Crippen LogP contribution is -2.31. The highest BCUT2D eigenvalue weighted by Gasteiger charge is 2.35. The smallest absolute Gasteiger partial charge is 0.339 e. The number of esters is 1. The predicted octanol–water partition coefficient (Wildman–Crippen LogP) is 6.41. The van der Waals surface area contributed by atoms with Crippen molar-refractivity contribution in [2.75, 3.05) is 24.3 Å². The number of thioether (sulfide) groups is 1. The van der Waals surface area contributed by atoms with Gasteiger partial charge in [-0.1, -0.05) is 53.0 Å². The number of nitrogens with one attached hydrogen (secondary N) is 2. The molecule has 0 aliphatic carbocycles. The second kappa shape index (κ2) is 13.0. The number of benzene rings is 3. The first-order valence-electron chi connectivity index (χ1n) is 12.2. The maximum Gasteiger partial charge on any atom is 0.339 e. The molecule has 41 heavy (non-hydrogen) atoms. The Morgan fingerprint density at radius 1 is 0.976 bits per heavy atom. The minimum Gasteiger partial charge on any atom is -0.465 e. The number of aryl methyl sites for hydroxylation is 1. The van der Waals surface area contributed by atoms with Crippen LogP contribution in [0.5, 0.6) is 0 Å². The van der Waals surface area contributed by atoms with Gasteiger partial charge in [0.2, 0.25) is 5.91 Å². The van der Waals surface area contributed by atoms with Crippen molar-refractivity contribution in [1.82, 2.24) is 4.90 Å². The molecule has 1 aliphatic heterocycles. The average molecular weight is 612 g/mol. The first-order valence-corrected chi connectivity index (χ1v) is 13.7. The van der Waals surface area contributed by atoms with Gasteiger partial charge in [0.25, 0.3) is 17.1 Å². The Morgan fingerprint density at radius 3 is 2.49 bits per heavy atom. The Morgan fingerprint density at radius 2 is 1.76 bits per heavy atom. The third kappa shape index (κ3) is 7.35. The summed E-state index contributed by atoms with van der Waals surface area (Å²) in [5.74, 6) is -2.40. The van der Waals surface area contributed by atoms with Gasteiger partial charge in [-0.25, -0.2) is 4.79 Å². The summed E-state index contributed by atoms with van der Waals surface area (Å²) in [5.41, 5.74) is 2.20. The Labute approximate surface area is 249 Å². The molecule has 0 unspecified atom stereocenters. The van der Waals surface area contributed by atoms with Crippen LogP contribution < -0.4 is 10.6 Å². The summed E-state index contributed by atoms with van der Waals surface area (Å²) in [6, 6.07) is 16.1. The molecule has 0 saturated carbocycles. The van der Waals surface area contributed by atoms with E-state index in [1.807, 2.05) is 31.2 Å². The van der Waals surface area contributed by atoms with E-state index in [0.29, 0.717) is 5.02 Å². The van der Waals surface area contributed by atoms with Crippen molar-refractivity contribution in [3.05, 3.63) is 97.9 Å². The number of nitrogens with zero attached hydrogens (tertiary/aromatic N) is 1. The summed E-state index contributed by atoms with van der Waals surface area (Å²) in [4.78, 5) is 64.6. The number of carbonyl (C=O) groups excluding carboxylic acids is 5. The molecular weight excluding hydrogens is 589 g/mol. The van der Waals surface area contributed by atoms with Gasteiger partial charge in [-0.2, -0.15) is 0 Å². The summed E-state index contributed by atoms with van der Waals surface area (Å²) in [7, 11) is 1.18. The molecule has 3 aromatic carbocycles. The zero-order valence-corrected chi connectivity index (χ0v) is 24.2. The van der Waals surface area contributed by atoms with E-state index in [4.69, 9.17) is 27.9 Å². The number of anilines is 2. The topological polar surface area (TPSA) is 122 Å². The Hall–Kier alpha value is -4.12. The first-order chi connectivity index (χ1) is 19.5. The van der Waals surface area contributed by atoms with E-state index >= 15 is 0 Å². The highest BCUT2D eigenvalue weighted by atomic mass is 35.5. The summed E-state index contributed by atoms with van der Waals surface area (Å²) < 4.78 is 4.79. The lowest BCUT2D eigenvalue weighted by Gasteiger charge is -2.15. The molecule has 9 nitrogen and oxygen atoms in total. The number of halogens is 2. The van der Waals surface area contributed by atoms with Crippen molar-refractivity contribution in [2.45, 2.75) is 13.3 Å². The van der Waals surface area contributed by atoms with Crippen molar-refractivity contribution >= 4 is 81.3 Å². The first kappa shape index (κ1) is 29.9. The predicted molar refractivity (Wildman–Crippen MR) is 159 cm³/mol. The molecular formula is C29H23Cl2N3O6S. The van der Waals surface area contributed by atoms with Crippen molar-refractivity contribution in [3.8, 4) is 0 Å². The molecule has 0 spiro atoms. The SMILES string of the molecule is COC(=O)c1ccc(C(=O)Nc2cc(Cl)ccc2Cl)cc1NC(=O)CCN1C(=O)S/C(=C/c2cccc(C)c2)C1=O. The van der Waals surface area contributed by atoms with Crippen molar-refractivity contribution in [2.24, 2.45) is 0 Å². The van der Waals surface area contributed by atoms with Crippen molar-refractivity contribution in [3.63, 3.8) is 0 Å². The number of imide groups is 1. The van der Waals surface area contributed by atoms with Gasteiger partial charge < -0.3 is 15.4 Å². The minimum atomic E-state index is -0.739. The zero-order chi connectivity index (χ0) is 29.7. The molecule has 210 valence electrons. The molecule has 0 atom stereocenters. The highest BCUT2D eigenvalue weighted by Crippen LogP contribution is 2.32. The van der Waals surface area contributed by atoms with Crippen LogP contribution in [0.4, 0.5) is 16.2 Å². The lowest BCUT2D eigenvalue weighted by atomic mass is 10.1. The highest BCUT2D eigenvalue weighted by molar-refractivity contribution is 8.18. The van der Waals surface area contributed by atoms with Crippen LogP contribution in [0, 0.1) is 6.92 Å². The van der Waals surface area contributed by atoms with Crippen molar-refractivity contribution < 1.29 is 28.7 Å². The molecule has 1 aliphatic rings. The molecule has 0 bridgehead atoms. The number of hydrogen-bond acceptors (Lipinski definition) is 7. The second-order valence-electron chi connectivity index (χ2n) is 8.88. The van der Waals surface area contributed by atoms with Gasteiger partial charge >= 0.3 is 5.97 Å². The van der Waals surface area contributed by atoms with Crippen LogP contribution in [0.2, 0.25) is 10.0 Å². The Bertz CT molecular complexity index is 1610. The van der Waals surface area contributed by atoms with Gasteiger partial charge in [0.15, 0.2) is 0 Å². The number of carbonyl (C=O) groups is 5. The number of ether oxygens (including phenoxy) is 1. The summed E-state index contributed by atoms with van der Waals surface area (Å²) in [6.07, 6.45) is 1.39. The molecule has 12 heteroatoms. The van der Waals surface area contributed by atoms with E-state index in [0.717, 1.165) is 27.8 Å². The van der Waals surface area contributed by atoms with E-state index in [-0.39, 0.29) is 45.4 Å². The minimum absolute atomic E-state index is 0.00504.